The molecule has 0 aliphatic carbocycles. The molecule has 0 bridgehead atoms. The monoisotopic (exact) mass is 284 g/mol. The number of aromatic nitrogens is 2. The van der Waals surface area contributed by atoms with Crippen LogP contribution in [-0.2, 0) is 6.61 Å². The minimum Gasteiger partial charge on any atom is -0.485 e. The average molecular weight is 285 g/mol. The minimum atomic E-state index is 0.301. The summed E-state index contributed by atoms with van der Waals surface area (Å²) < 4.78 is 5.83. The predicted octanol–water partition coefficient (Wildman–Crippen LogP) is 4.17. The van der Waals surface area contributed by atoms with Gasteiger partial charge in [-0.1, -0.05) is 48.0 Å². The van der Waals surface area contributed by atoms with Gasteiger partial charge in [-0.2, -0.15) is 0 Å². The molecule has 0 aliphatic rings. The molecule has 0 aliphatic heterocycles. The van der Waals surface area contributed by atoms with Crippen LogP contribution in [0.15, 0.2) is 48.5 Å². The fraction of sp³-hybridized carbons (Fsp3) is 0.125. The number of hydrogen-bond donors (Lipinski definition) is 0. The number of benzene rings is 2. The number of ether oxygens (including phenoxy) is 1. The molecule has 100 valence electrons. The molecule has 0 spiro atoms. The first-order valence-corrected chi connectivity index (χ1v) is 6.71. The summed E-state index contributed by atoms with van der Waals surface area (Å²) in [5.74, 6) is 1.41. The third-order valence-corrected chi connectivity index (χ3v) is 3.17. The maximum Gasteiger partial charge on any atom is 0.167 e. The van der Waals surface area contributed by atoms with E-state index in [4.69, 9.17) is 16.3 Å². The SMILES string of the molecule is Cc1cc(Cl)nc(COc2cccc3ccccc23)n1. The third kappa shape index (κ3) is 2.73. The number of nitrogens with zero attached hydrogens (tertiary/aromatic N) is 2. The van der Waals surface area contributed by atoms with Gasteiger partial charge in [-0.25, -0.2) is 9.97 Å². The molecule has 0 saturated carbocycles. The molecule has 4 heteroatoms. The first-order chi connectivity index (χ1) is 9.72. The van der Waals surface area contributed by atoms with Crippen molar-refractivity contribution >= 4 is 22.4 Å². The van der Waals surface area contributed by atoms with E-state index in [2.05, 4.69) is 22.1 Å². The van der Waals surface area contributed by atoms with Crippen LogP contribution < -0.4 is 4.74 Å². The van der Waals surface area contributed by atoms with Gasteiger partial charge in [-0.3, -0.25) is 0 Å². The summed E-state index contributed by atoms with van der Waals surface area (Å²) in [6, 6.07) is 15.8. The Balaban J connectivity index is 1.87. The summed E-state index contributed by atoms with van der Waals surface area (Å²) in [5, 5.41) is 2.66. The topological polar surface area (TPSA) is 35.0 Å². The highest BCUT2D eigenvalue weighted by Gasteiger charge is 2.04. The molecule has 3 rings (SSSR count). The van der Waals surface area contributed by atoms with E-state index < -0.39 is 0 Å². The fourth-order valence-corrected chi connectivity index (χ4v) is 2.37. The molecule has 3 aromatic rings. The Bertz CT molecular complexity index is 733. The molecule has 0 radical (unpaired) electrons. The molecule has 20 heavy (non-hydrogen) atoms. The largest absolute Gasteiger partial charge is 0.485 e. The van der Waals surface area contributed by atoms with Crippen molar-refractivity contribution in [3.63, 3.8) is 0 Å². The summed E-state index contributed by atoms with van der Waals surface area (Å²) in [4.78, 5) is 8.47. The van der Waals surface area contributed by atoms with Crippen LogP contribution in [0.1, 0.15) is 11.5 Å². The molecular weight excluding hydrogens is 272 g/mol. The van der Waals surface area contributed by atoms with E-state index in [-0.39, 0.29) is 0 Å². The van der Waals surface area contributed by atoms with Crippen molar-refractivity contribution in [1.29, 1.82) is 0 Å². The number of fused-ring (bicyclic) bond motifs is 1. The number of hydrogen-bond acceptors (Lipinski definition) is 3. The lowest BCUT2D eigenvalue weighted by atomic mass is 10.1. The summed E-state index contributed by atoms with van der Waals surface area (Å²) in [7, 11) is 0. The van der Waals surface area contributed by atoms with E-state index >= 15 is 0 Å². The summed E-state index contributed by atoms with van der Waals surface area (Å²) in [5.41, 5.74) is 0.835. The van der Waals surface area contributed by atoms with Gasteiger partial charge >= 0.3 is 0 Å². The molecular formula is C16H13ClN2O. The molecule has 0 saturated heterocycles. The van der Waals surface area contributed by atoms with Crippen LogP contribution in [0.25, 0.3) is 10.8 Å². The van der Waals surface area contributed by atoms with Gasteiger partial charge in [-0.05, 0) is 24.4 Å². The molecule has 0 atom stereocenters. The van der Waals surface area contributed by atoms with Gasteiger partial charge in [0.15, 0.2) is 5.82 Å². The molecule has 1 aromatic heterocycles. The normalized spacial score (nSPS) is 10.7. The zero-order valence-electron chi connectivity index (χ0n) is 11.0. The lowest BCUT2D eigenvalue weighted by Crippen LogP contribution is -2.03. The lowest BCUT2D eigenvalue weighted by Gasteiger charge is -2.09. The van der Waals surface area contributed by atoms with Crippen LogP contribution in [-0.4, -0.2) is 9.97 Å². The van der Waals surface area contributed by atoms with Crippen molar-refractivity contribution in [3.8, 4) is 5.75 Å². The molecule has 0 unspecified atom stereocenters. The first-order valence-electron chi connectivity index (χ1n) is 6.33. The van der Waals surface area contributed by atoms with Crippen molar-refractivity contribution < 1.29 is 4.74 Å². The summed E-state index contributed by atoms with van der Waals surface area (Å²) in [6.07, 6.45) is 0. The van der Waals surface area contributed by atoms with Crippen LogP contribution in [0.5, 0.6) is 5.75 Å². The molecule has 2 aromatic carbocycles. The maximum atomic E-state index is 5.92. The zero-order valence-corrected chi connectivity index (χ0v) is 11.8. The van der Waals surface area contributed by atoms with Crippen molar-refractivity contribution in [2.45, 2.75) is 13.5 Å². The Morgan fingerprint density at radius 3 is 2.70 bits per heavy atom. The summed E-state index contributed by atoms with van der Waals surface area (Å²) >= 11 is 5.92. The highest BCUT2D eigenvalue weighted by Crippen LogP contribution is 2.25. The second-order valence-corrected chi connectivity index (χ2v) is 4.90. The Morgan fingerprint density at radius 2 is 1.85 bits per heavy atom. The van der Waals surface area contributed by atoms with Gasteiger partial charge in [-0.15, -0.1) is 0 Å². The van der Waals surface area contributed by atoms with Gasteiger partial charge in [0.2, 0.25) is 0 Å². The van der Waals surface area contributed by atoms with E-state index in [1.54, 1.807) is 6.07 Å². The van der Waals surface area contributed by atoms with Crippen LogP contribution in [0, 0.1) is 6.92 Å². The van der Waals surface area contributed by atoms with Crippen molar-refractivity contribution in [3.05, 3.63) is 65.2 Å². The number of rotatable bonds is 3. The molecule has 1 heterocycles. The molecule has 0 fully saturated rings. The zero-order chi connectivity index (χ0) is 13.9. The second kappa shape index (κ2) is 5.47. The van der Waals surface area contributed by atoms with E-state index in [0.29, 0.717) is 17.6 Å². The molecule has 0 N–H and O–H groups in total. The maximum absolute atomic E-state index is 5.92. The average Bonchev–Trinajstić information content (AvgIpc) is 2.44. The highest BCUT2D eigenvalue weighted by atomic mass is 35.5. The Kier molecular flexibility index (Phi) is 3.52. The Hall–Kier alpha value is -2.13. The minimum absolute atomic E-state index is 0.301. The first kappa shape index (κ1) is 12.9. The van der Waals surface area contributed by atoms with E-state index in [1.807, 2.05) is 37.3 Å². The number of aryl methyl sites for hydroxylation is 1. The van der Waals surface area contributed by atoms with Crippen LogP contribution in [0.3, 0.4) is 0 Å². The van der Waals surface area contributed by atoms with Crippen molar-refractivity contribution in [2.75, 3.05) is 0 Å². The predicted molar refractivity (Wildman–Crippen MR) is 80.1 cm³/mol. The van der Waals surface area contributed by atoms with E-state index in [0.717, 1.165) is 22.2 Å². The van der Waals surface area contributed by atoms with Crippen LogP contribution in [0.4, 0.5) is 0 Å². The second-order valence-electron chi connectivity index (χ2n) is 4.51. The van der Waals surface area contributed by atoms with E-state index in [1.165, 1.54) is 0 Å². The van der Waals surface area contributed by atoms with Crippen LogP contribution >= 0.6 is 11.6 Å². The van der Waals surface area contributed by atoms with E-state index in [9.17, 15) is 0 Å². The van der Waals surface area contributed by atoms with Crippen molar-refractivity contribution in [1.82, 2.24) is 9.97 Å². The molecule has 3 nitrogen and oxygen atoms in total. The van der Waals surface area contributed by atoms with Gasteiger partial charge in [0.1, 0.15) is 17.5 Å². The highest BCUT2D eigenvalue weighted by molar-refractivity contribution is 6.29. The van der Waals surface area contributed by atoms with Crippen molar-refractivity contribution in [2.24, 2.45) is 0 Å². The quantitative estimate of drug-likeness (QED) is 0.677. The number of halogens is 1. The van der Waals surface area contributed by atoms with Gasteiger partial charge in [0, 0.05) is 11.1 Å². The smallest absolute Gasteiger partial charge is 0.167 e. The van der Waals surface area contributed by atoms with Gasteiger partial charge in [0.05, 0.1) is 0 Å². The third-order valence-electron chi connectivity index (χ3n) is 2.98. The lowest BCUT2D eigenvalue weighted by molar-refractivity contribution is 0.299. The standard InChI is InChI=1S/C16H13ClN2O/c1-11-9-15(17)19-16(18-11)10-20-14-8-4-6-12-5-2-3-7-13(12)14/h2-9H,10H2,1H3. The van der Waals surface area contributed by atoms with Gasteiger partial charge in [0.25, 0.3) is 0 Å². The molecule has 0 amide bonds. The Labute approximate surface area is 122 Å². The fourth-order valence-electron chi connectivity index (χ4n) is 2.12. The van der Waals surface area contributed by atoms with Gasteiger partial charge < -0.3 is 4.74 Å². The van der Waals surface area contributed by atoms with Crippen LogP contribution in [0.2, 0.25) is 5.15 Å². The summed E-state index contributed by atoms with van der Waals surface area (Å²) in [6.45, 7) is 2.18. The Morgan fingerprint density at radius 1 is 1.05 bits per heavy atom.